The van der Waals surface area contributed by atoms with Crippen LogP contribution in [0.1, 0.15) is 49.5 Å². The summed E-state index contributed by atoms with van der Waals surface area (Å²) in [6, 6.07) is 5.98. The minimum atomic E-state index is 0.276. The molecule has 0 atom stereocenters. The highest BCUT2D eigenvalue weighted by Gasteiger charge is 2.07. The third-order valence-electron chi connectivity index (χ3n) is 2.99. The summed E-state index contributed by atoms with van der Waals surface area (Å²) >= 11 is 0. The Labute approximate surface area is 114 Å². The molecule has 2 aromatic rings. The van der Waals surface area contributed by atoms with Crippen molar-refractivity contribution < 1.29 is 0 Å². The molecule has 0 aliphatic heterocycles. The van der Waals surface area contributed by atoms with Crippen molar-refractivity contribution in [2.45, 2.75) is 39.5 Å². The van der Waals surface area contributed by atoms with E-state index in [9.17, 15) is 0 Å². The number of hydrogen-bond acceptors (Lipinski definition) is 4. The molecule has 2 rings (SSSR count). The van der Waals surface area contributed by atoms with Crippen LogP contribution < -0.4 is 5.73 Å². The number of hydrogen-bond donors (Lipinski definition) is 1. The molecule has 0 aliphatic rings. The Morgan fingerprint density at radius 1 is 1.16 bits per heavy atom. The third kappa shape index (κ3) is 3.50. The summed E-state index contributed by atoms with van der Waals surface area (Å²) in [6.45, 7) is 6.25. The lowest BCUT2D eigenvalue weighted by Gasteiger charge is -2.08. The number of anilines is 1. The lowest BCUT2D eigenvalue weighted by Crippen LogP contribution is -2.06. The van der Waals surface area contributed by atoms with Gasteiger partial charge in [-0.2, -0.15) is 0 Å². The van der Waals surface area contributed by atoms with E-state index in [1.807, 2.05) is 18.3 Å². The smallest absolute Gasteiger partial charge is 0.133 e. The topological polar surface area (TPSA) is 64.7 Å². The zero-order valence-electron chi connectivity index (χ0n) is 11.7. The van der Waals surface area contributed by atoms with Crippen molar-refractivity contribution in [3.05, 3.63) is 47.2 Å². The van der Waals surface area contributed by atoms with Gasteiger partial charge in [-0.3, -0.25) is 4.98 Å². The van der Waals surface area contributed by atoms with E-state index in [2.05, 4.69) is 41.8 Å². The summed E-state index contributed by atoms with van der Waals surface area (Å²) in [4.78, 5) is 13.2. The zero-order chi connectivity index (χ0) is 13.8. The van der Waals surface area contributed by atoms with Crippen molar-refractivity contribution >= 4 is 5.82 Å². The van der Waals surface area contributed by atoms with Crippen LogP contribution in [0, 0.1) is 0 Å². The summed E-state index contributed by atoms with van der Waals surface area (Å²) < 4.78 is 0. The molecule has 2 aromatic heterocycles. The van der Waals surface area contributed by atoms with Crippen molar-refractivity contribution in [2.75, 3.05) is 5.73 Å². The van der Waals surface area contributed by atoms with Gasteiger partial charge < -0.3 is 5.73 Å². The number of nitrogen functional groups attached to an aromatic ring is 1. The van der Waals surface area contributed by atoms with Crippen molar-refractivity contribution in [2.24, 2.45) is 0 Å². The van der Waals surface area contributed by atoms with Crippen LogP contribution in [-0.4, -0.2) is 15.0 Å². The molecule has 0 saturated heterocycles. The van der Waals surface area contributed by atoms with E-state index in [1.54, 1.807) is 0 Å². The predicted molar refractivity (Wildman–Crippen MR) is 77.0 cm³/mol. The quantitative estimate of drug-likeness (QED) is 0.913. The molecule has 4 nitrogen and oxygen atoms in total. The van der Waals surface area contributed by atoms with Gasteiger partial charge in [0.05, 0.1) is 5.69 Å². The van der Waals surface area contributed by atoms with Gasteiger partial charge in [-0.05, 0) is 18.1 Å². The van der Waals surface area contributed by atoms with E-state index in [1.165, 1.54) is 5.56 Å². The zero-order valence-corrected chi connectivity index (χ0v) is 11.7. The fourth-order valence-electron chi connectivity index (χ4n) is 1.84. The van der Waals surface area contributed by atoms with Gasteiger partial charge in [0.15, 0.2) is 0 Å². The average Bonchev–Trinajstić information content (AvgIpc) is 2.39. The van der Waals surface area contributed by atoms with Gasteiger partial charge in [0.2, 0.25) is 0 Å². The molecule has 100 valence electrons. The van der Waals surface area contributed by atoms with Gasteiger partial charge in [-0.15, -0.1) is 0 Å². The fraction of sp³-hybridized carbons (Fsp3) is 0.400. The minimum absolute atomic E-state index is 0.276. The molecule has 2 heterocycles. The van der Waals surface area contributed by atoms with Crippen LogP contribution in [0.5, 0.6) is 0 Å². The number of rotatable bonds is 4. The first-order valence-corrected chi connectivity index (χ1v) is 6.65. The molecule has 0 bridgehead atoms. The van der Waals surface area contributed by atoms with Crippen molar-refractivity contribution in [1.29, 1.82) is 0 Å². The molecular weight excluding hydrogens is 236 g/mol. The Kier molecular flexibility index (Phi) is 4.10. The van der Waals surface area contributed by atoms with Crippen LogP contribution in [0.2, 0.25) is 0 Å². The van der Waals surface area contributed by atoms with E-state index in [0.717, 1.165) is 23.6 Å². The van der Waals surface area contributed by atoms with E-state index < -0.39 is 0 Å². The maximum absolute atomic E-state index is 5.82. The minimum Gasteiger partial charge on any atom is -0.384 e. The molecule has 4 heteroatoms. The molecule has 0 radical (unpaired) electrons. The monoisotopic (exact) mass is 256 g/mol. The van der Waals surface area contributed by atoms with Crippen LogP contribution in [-0.2, 0) is 12.8 Å². The van der Waals surface area contributed by atoms with E-state index in [0.29, 0.717) is 12.2 Å². The summed E-state index contributed by atoms with van der Waals surface area (Å²) in [5, 5.41) is 0. The Balaban J connectivity index is 2.22. The number of aryl methyl sites for hydroxylation is 1. The summed E-state index contributed by atoms with van der Waals surface area (Å²) in [5.41, 5.74) is 9.00. The number of aromatic nitrogens is 3. The van der Waals surface area contributed by atoms with Crippen LogP contribution in [0.3, 0.4) is 0 Å². The third-order valence-corrected chi connectivity index (χ3v) is 2.99. The van der Waals surface area contributed by atoms with Crippen molar-refractivity contribution in [3.8, 4) is 0 Å². The second-order valence-corrected chi connectivity index (χ2v) is 4.99. The highest BCUT2D eigenvalue weighted by atomic mass is 14.9. The van der Waals surface area contributed by atoms with Gasteiger partial charge in [-0.1, -0.05) is 26.8 Å². The van der Waals surface area contributed by atoms with E-state index in [-0.39, 0.29) is 5.92 Å². The normalized spacial score (nSPS) is 10.9. The van der Waals surface area contributed by atoms with Crippen LogP contribution in [0.4, 0.5) is 5.82 Å². The molecule has 0 unspecified atom stereocenters. The number of pyridine rings is 1. The molecule has 0 fully saturated rings. The lowest BCUT2D eigenvalue weighted by molar-refractivity contribution is 0.762. The maximum atomic E-state index is 5.82. The van der Waals surface area contributed by atoms with Crippen LogP contribution in [0.15, 0.2) is 24.4 Å². The second kappa shape index (κ2) is 5.78. The summed E-state index contributed by atoms with van der Waals surface area (Å²) in [5.74, 6) is 1.59. The largest absolute Gasteiger partial charge is 0.384 e. The molecule has 19 heavy (non-hydrogen) atoms. The van der Waals surface area contributed by atoms with Gasteiger partial charge in [-0.25, -0.2) is 9.97 Å². The molecule has 0 spiro atoms. The van der Waals surface area contributed by atoms with Crippen LogP contribution in [0.25, 0.3) is 0 Å². The van der Waals surface area contributed by atoms with Gasteiger partial charge in [0, 0.05) is 30.3 Å². The van der Waals surface area contributed by atoms with Gasteiger partial charge in [0.25, 0.3) is 0 Å². The lowest BCUT2D eigenvalue weighted by atomic mass is 10.1. The van der Waals surface area contributed by atoms with Crippen LogP contribution >= 0.6 is 0 Å². The molecule has 2 N–H and O–H groups in total. The molecule has 0 aromatic carbocycles. The van der Waals surface area contributed by atoms with Crippen molar-refractivity contribution in [3.63, 3.8) is 0 Å². The first-order chi connectivity index (χ1) is 9.08. The Hall–Kier alpha value is -1.97. The Morgan fingerprint density at radius 3 is 2.53 bits per heavy atom. The molecule has 0 aliphatic carbocycles. The molecular formula is C15H20N4. The first kappa shape index (κ1) is 13.5. The first-order valence-electron chi connectivity index (χ1n) is 6.65. The van der Waals surface area contributed by atoms with Crippen molar-refractivity contribution in [1.82, 2.24) is 15.0 Å². The predicted octanol–water partition coefficient (Wildman–Crippen LogP) is 2.73. The number of nitrogens with zero attached hydrogens (tertiary/aromatic N) is 3. The summed E-state index contributed by atoms with van der Waals surface area (Å²) in [7, 11) is 0. The molecule has 0 saturated carbocycles. The fourth-order valence-corrected chi connectivity index (χ4v) is 1.84. The highest BCUT2D eigenvalue weighted by molar-refractivity contribution is 5.32. The van der Waals surface area contributed by atoms with E-state index in [4.69, 9.17) is 5.73 Å². The standard InChI is InChI=1S/C15H20N4/c1-4-11-5-6-12(17-9-11)7-13-8-14(16)19-15(18-13)10(2)3/h5-6,8-10H,4,7H2,1-3H3,(H2,16,18,19). The number of nitrogens with two attached hydrogens (primary N) is 1. The Morgan fingerprint density at radius 2 is 1.95 bits per heavy atom. The van der Waals surface area contributed by atoms with E-state index >= 15 is 0 Å². The summed E-state index contributed by atoms with van der Waals surface area (Å²) in [6.07, 6.45) is 3.62. The average molecular weight is 256 g/mol. The van der Waals surface area contributed by atoms with Gasteiger partial charge in [0.1, 0.15) is 11.6 Å². The second-order valence-electron chi connectivity index (χ2n) is 4.99. The Bertz CT molecular complexity index is 547. The SMILES string of the molecule is CCc1ccc(Cc2cc(N)nc(C(C)C)n2)nc1. The van der Waals surface area contributed by atoms with Gasteiger partial charge >= 0.3 is 0 Å². The molecule has 0 amide bonds. The maximum Gasteiger partial charge on any atom is 0.133 e. The highest BCUT2D eigenvalue weighted by Crippen LogP contribution is 2.14.